The quantitative estimate of drug-likeness (QED) is 0.879. The number of nitrogens with zero attached hydrogens (tertiary/aromatic N) is 1. The Bertz CT molecular complexity index is 520. The number of aliphatic hydroxyl groups is 1. The minimum absolute atomic E-state index is 0.586. The Morgan fingerprint density at radius 2 is 1.80 bits per heavy atom. The van der Waals surface area contributed by atoms with Crippen LogP contribution < -0.4 is 9.47 Å². The SMILES string of the molecule is COc1cccc(OC)c1C(O)CCc1cccnc1. The number of aryl methyl sites for hydroxylation is 1. The van der Waals surface area contributed by atoms with Crippen molar-refractivity contribution in [3.8, 4) is 11.5 Å². The lowest BCUT2D eigenvalue weighted by atomic mass is 10.0. The molecule has 2 aromatic rings. The van der Waals surface area contributed by atoms with E-state index in [0.717, 1.165) is 12.0 Å². The van der Waals surface area contributed by atoms with Crippen LogP contribution in [0.25, 0.3) is 0 Å². The molecule has 1 N–H and O–H groups in total. The molecule has 4 heteroatoms. The summed E-state index contributed by atoms with van der Waals surface area (Å²) in [5.74, 6) is 1.28. The molecule has 0 aliphatic heterocycles. The van der Waals surface area contributed by atoms with Gasteiger partial charge >= 0.3 is 0 Å². The number of hydrogen-bond acceptors (Lipinski definition) is 4. The van der Waals surface area contributed by atoms with Crippen molar-refractivity contribution in [3.05, 3.63) is 53.9 Å². The monoisotopic (exact) mass is 273 g/mol. The summed E-state index contributed by atoms with van der Waals surface area (Å²) in [5.41, 5.74) is 1.79. The zero-order valence-corrected chi connectivity index (χ0v) is 11.7. The smallest absolute Gasteiger partial charge is 0.128 e. The van der Waals surface area contributed by atoms with Gasteiger partial charge in [-0.25, -0.2) is 0 Å². The Morgan fingerprint density at radius 3 is 2.35 bits per heavy atom. The molecule has 0 fully saturated rings. The van der Waals surface area contributed by atoms with Crippen LogP contribution in [0.2, 0.25) is 0 Å². The third-order valence-electron chi connectivity index (χ3n) is 3.23. The molecule has 0 radical (unpaired) electrons. The number of methoxy groups -OCH3 is 2. The Kier molecular flexibility index (Phi) is 4.96. The fourth-order valence-corrected chi connectivity index (χ4v) is 2.20. The highest BCUT2D eigenvalue weighted by atomic mass is 16.5. The molecule has 0 aliphatic rings. The van der Waals surface area contributed by atoms with Gasteiger partial charge in [-0.15, -0.1) is 0 Å². The van der Waals surface area contributed by atoms with E-state index in [4.69, 9.17) is 9.47 Å². The van der Waals surface area contributed by atoms with E-state index in [2.05, 4.69) is 4.98 Å². The third kappa shape index (κ3) is 3.27. The minimum Gasteiger partial charge on any atom is -0.496 e. The summed E-state index contributed by atoms with van der Waals surface area (Å²) in [6, 6.07) is 9.38. The Hall–Kier alpha value is -2.07. The van der Waals surface area contributed by atoms with Crippen LogP contribution in [0.1, 0.15) is 23.7 Å². The number of aromatic nitrogens is 1. The molecular formula is C16H19NO3. The summed E-state index contributed by atoms with van der Waals surface area (Å²) in [7, 11) is 3.18. The molecule has 0 saturated heterocycles. The summed E-state index contributed by atoms with van der Waals surface area (Å²) >= 11 is 0. The average Bonchev–Trinajstić information content (AvgIpc) is 2.52. The number of benzene rings is 1. The van der Waals surface area contributed by atoms with Crippen molar-refractivity contribution in [1.29, 1.82) is 0 Å². The summed E-state index contributed by atoms with van der Waals surface area (Å²) in [4.78, 5) is 4.07. The molecule has 1 atom stereocenters. The van der Waals surface area contributed by atoms with Gasteiger partial charge in [-0.1, -0.05) is 12.1 Å². The second kappa shape index (κ2) is 6.91. The normalized spacial score (nSPS) is 11.9. The van der Waals surface area contributed by atoms with Gasteiger partial charge in [0.2, 0.25) is 0 Å². The van der Waals surface area contributed by atoms with Gasteiger partial charge in [0.1, 0.15) is 11.5 Å². The fraction of sp³-hybridized carbons (Fsp3) is 0.312. The van der Waals surface area contributed by atoms with E-state index in [0.29, 0.717) is 23.5 Å². The molecule has 0 bridgehead atoms. The van der Waals surface area contributed by atoms with Crippen LogP contribution in [-0.2, 0) is 6.42 Å². The van der Waals surface area contributed by atoms with Crippen molar-refractivity contribution in [2.45, 2.75) is 18.9 Å². The molecule has 1 aromatic carbocycles. The molecule has 0 amide bonds. The van der Waals surface area contributed by atoms with E-state index in [1.54, 1.807) is 20.4 Å². The number of hydrogen-bond donors (Lipinski definition) is 1. The van der Waals surface area contributed by atoms with E-state index < -0.39 is 6.10 Å². The zero-order chi connectivity index (χ0) is 14.4. The van der Waals surface area contributed by atoms with E-state index in [-0.39, 0.29) is 0 Å². The first kappa shape index (κ1) is 14.3. The molecule has 2 rings (SSSR count). The fourth-order valence-electron chi connectivity index (χ4n) is 2.20. The van der Waals surface area contributed by atoms with Crippen LogP contribution >= 0.6 is 0 Å². The van der Waals surface area contributed by atoms with Gasteiger partial charge in [-0.2, -0.15) is 0 Å². The lowest BCUT2D eigenvalue weighted by Crippen LogP contribution is -2.05. The molecule has 1 unspecified atom stereocenters. The van der Waals surface area contributed by atoms with E-state index in [9.17, 15) is 5.11 Å². The molecule has 20 heavy (non-hydrogen) atoms. The molecule has 1 aromatic heterocycles. The van der Waals surface area contributed by atoms with Crippen LogP contribution in [0, 0.1) is 0 Å². The Morgan fingerprint density at radius 1 is 1.10 bits per heavy atom. The molecule has 4 nitrogen and oxygen atoms in total. The largest absolute Gasteiger partial charge is 0.496 e. The molecule has 1 heterocycles. The van der Waals surface area contributed by atoms with Gasteiger partial charge in [0.15, 0.2) is 0 Å². The summed E-state index contributed by atoms with van der Waals surface area (Å²) < 4.78 is 10.6. The van der Waals surface area contributed by atoms with Crippen molar-refractivity contribution in [2.75, 3.05) is 14.2 Å². The average molecular weight is 273 g/mol. The molecule has 0 spiro atoms. The van der Waals surface area contributed by atoms with Crippen molar-refractivity contribution in [1.82, 2.24) is 4.98 Å². The lowest BCUT2D eigenvalue weighted by Gasteiger charge is -2.18. The van der Waals surface area contributed by atoms with Crippen molar-refractivity contribution in [3.63, 3.8) is 0 Å². The maximum Gasteiger partial charge on any atom is 0.128 e. The van der Waals surface area contributed by atoms with E-state index in [1.165, 1.54) is 0 Å². The highest BCUT2D eigenvalue weighted by Gasteiger charge is 2.18. The van der Waals surface area contributed by atoms with E-state index in [1.807, 2.05) is 36.5 Å². The molecule has 106 valence electrons. The standard InChI is InChI=1S/C16H19NO3/c1-19-14-6-3-7-15(20-2)16(14)13(18)9-8-12-5-4-10-17-11-12/h3-7,10-11,13,18H,8-9H2,1-2H3. The van der Waals surface area contributed by atoms with Crippen molar-refractivity contribution < 1.29 is 14.6 Å². The first-order chi connectivity index (χ1) is 9.76. The van der Waals surface area contributed by atoms with Gasteiger partial charge in [-0.05, 0) is 36.6 Å². The van der Waals surface area contributed by atoms with Gasteiger partial charge in [-0.3, -0.25) is 4.98 Å². The number of pyridine rings is 1. The van der Waals surface area contributed by atoms with Crippen LogP contribution in [0.5, 0.6) is 11.5 Å². The predicted octanol–water partition coefficient (Wildman–Crippen LogP) is 2.77. The summed E-state index contributed by atoms with van der Waals surface area (Å²) in [6.45, 7) is 0. The summed E-state index contributed by atoms with van der Waals surface area (Å²) in [6.07, 6.45) is 4.25. The third-order valence-corrected chi connectivity index (χ3v) is 3.23. The number of ether oxygens (including phenoxy) is 2. The highest BCUT2D eigenvalue weighted by Crippen LogP contribution is 2.35. The maximum absolute atomic E-state index is 10.4. The second-order valence-electron chi connectivity index (χ2n) is 4.49. The first-order valence-corrected chi connectivity index (χ1v) is 6.54. The number of aliphatic hydroxyl groups excluding tert-OH is 1. The first-order valence-electron chi connectivity index (χ1n) is 6.54. The lowest BCUT2D eigenvalue weighted by molar-refractivity contribution is 0.159. The second-order valence-corrected chi connectivity index (χ2v) is 4.49. The van der Waals surface area contributed by atoms with Crippen LogP contribution in [-0.4, -0.2) is 24.3 Å². The molecule has 0 aliphatic carbocycles. The Balaban J connectivity index is 2.14. The predicted molar refractivity (Wildman–Crippen MR) is 77.1 cm³/mol. The van der Waals surface area contributed by atoms with Crippen LogP contribution in [0.15, 0.2) is 42.7 Å². The molecular weight excluding hydrogens is 254 g/mol. The van der Waals surface area contributed by atoms with Crippen molar-refractivity contribution >= 4 is 0 Å². The van der Waals surface area contributed by atoms with Gasteiger partial charge in [0.05, 0.1) is 25.9 Å². The van der Waals surface area contributed by atoms with E-state index >= 15 is 0 Å². The Labute approximate surface area is 119 Å². The number of rotatable bonds is 6. The minimum atomic E-state index is -0.638. The topological polar surface area (TPSA) is 51.6 Å². The van der Waals surface area contributed by atoms with Crippen molar-refractivity contribution in [2.24, 2.45) is 0 Å². The van der Waals surface area contributed by atoms with Gasteiger partial charge < -0.3 is 14.6 Å². The van der Waals surface area contributed by atoms with Gasteiger partial charge in [0.25, 0.3) is 0 Å². The van der Waals surface area contributed by atoms with Crippen LogP contribution in [0.3, 0.4) is 0 Å². The zero-order valence-electron chi connectivity index (χ0n) is 11.7. The maximum atomic E-state index is 10.4. The highest BCUT2D eigenvalue weighted by molar-refractivity contribution is 5.46. The molecule has 0 saturated carbocycles. The summed E-state index contributed by atoms with van der Waals surface area (Å²) in [5, 5.41) is 10.4. The van der Waals surface area contributed by atoms with Crippen LogP contribution in [0.4, 0.5) is 0 Å². The van der Waals surface area contributed by atoms with Gasteiger partial charge in [0, 0.05) is 12.4 Å².